The highest BCUT2D eigenvalue weighted by atomic mass is 16.5. The number of para-hydroxylation sites is 1. The minimum Gasteiger partial charge on any atom is -0.497 e. The summed E-state index contributed by atoms with van der Waals surface area (Å²) in [4.78, 5) is 15.4. The van der Waals surface area contributed by atoms with Crippen LogP contribution in [-0.4, -0.2) is 31.3 Å². The first kappa shape index (κ1) is 15.6. The number of carbonyl (C=O) groups excluding carboxylic acids is 1. The van der Waals surface area contributed by atoms with Crippen LogP contribution in [0.15, 0.2) is 53.8 Å². The van der Waals surface area contributed by atoms with E-state index in [0.717, 1.165) is 16.5 Å². The maximum Gasteiger partial charge on any atom is 0.271 e. The molecule has 1 aromatic heterocycles. The SMILES string of the molecule is COc1cc(OC)cc(C(=O)NN=Cc2c[nH]c3ccccc23)c1. The van der Waals surface area contributed by atoms with Crippen molar-refractivity contribution in [1.82, 2.24) is 10.4 Å². The smallest absolute Gasteiger partial charge is 0.271 e. The molecular weight excluding hydrogens is 306 g/mol. The Morgan fingerprint density at radius 1 is 1.12 bits per heavy atom. The van der Waals surface area contributed by atoms with Gasteiger partial charge in [-0.25, -0.2) is 5.43 Å². The molecule has 1 amide bonds. The van der Waals surface area contributed by atoms with Gasteiger partial charge in [0.2, 0.25) is 0 Å². The summed E-state index contributed by atoms with van der Waals surface area (Å²) in [6.07, 6.45) is 3.45. The molecule has 24 heavy (non-hydrogen) atoms. The molecule has 0 fully saturated rings. The maximum atomic E-state index is 12.2. The fourth-order valence-electron chi connectivity index (χ4n) is 2.36. The van der Waals surface area contributed by atoms with E-state index >= 15 is 0 Å². The van der Waals surface area contributed by atoms with Crippen molar-refractivity contribution >= 4 is 23.0 Å². The third-order valence-electron chi connectivity index (χ3n) is 3.60. The van der Waals surface area contributed by atoms with Crippen molar-refractivity contribution in [2.24, 2.45) is 5.10 Å². The standard InChI is InChI=1S/C18H17N3O3/c1-23-14-7-12(8-15(9-14)24-2)18(22)21-20-11-13-10-19-17-6-4-3-5-16(13)17/h3-11,19H,1-2H3,(H,21,22). The predicted molar refractivity (Wildman–Crippen MR) is 92.9 cm³/mol. The lowest BCUT2D eigenvalue weighted by Gasteiger charge is -2.07. The van der Waals surface area contributed by atoms with Crippen molar-refractivity contribution in [3.63, 3.8) is 0 Å². The number of aromatic nitrogens is 1. The van der Waals surface area contributed by atoms with E-state index in [9.17, 15) is 4.79 Å². The monoisotopic (exact) mass is 323 g/mol. The van der Waals surface area contributed by atoms with Crippen LogP contribution >= 0.6 is 0 Å². The van der Waals surface area contributed by atoms with Crippen molar-refractivity contribution in [2.45, 2.75) is 0 Å². The topological polar surface area (TPSA) is 75.7 Å². The Morgan fingerprint density at radius 3 is 2.54 bits per heavy atom. The van der Waals surface area contributed by atoms with Crippen molar-refractivity contribution in [3.05, 3.63) is 59.8 Å². The van der Waals surface area contributed by atoms with E-state index in [1.165, 1.54) is 14.2 Å². The van der Waals surface area contributed by atoms with E-state index in [2.05, 4.69) is 15.5 Å². The van der Waals surface area contributed by atoms with Crippen molar-refractivity contribution in [3.8, 4) is 11.5 Å². The highest BCUT2D eigenvalue weighted by Crippen LogP contribution is 2.22. The Bertz CT molecular complexity index is 877. The molecular formula is C18H17N3O3. The highest BCUT2D eigenvalue weighted by Gasteiger charge is 2.09. The minimum absolute atomic E-state index is 0.344. The molecule has 3 rings (SSSR count). The summed E-state index contributed by atoms with van der Waals surface area (Å²) in [5.74, 6) is 0.739. The van der Waals surface area contributed by atoms with Gasteiger partial charge in [-0.05, 0) is 18.2 Å². The van der Waals surface area contributed by atoms with E-state index in [4.69, 9.17) is 9.47 Å². The van der Waals surface area contributed by atoms with Gasteiger partial charge in [-0.1, -0.05) is 18.2 Å². The first-order valence-corrected chi connectivity index (χ1v) is 7.34. The van der Waals surface area contributed by atoms with Crippen molar-refractivity contribution < 1.29 is 14.3 Å². The van der Waals surface area contributed by atoms with E-state index in [0.29, 0.717) is 17.1 Å². The van der Waals surface area contributed by atoms with Crippen molar-refractivity contribution in [2.75, 3.05) is 14.2 Å². The molecule has 0 atom stereocenters. The number of hydrogen-bond acceptors (Lipinski definition) is 4. The molecule has 0 unspecified atom stereocenters. The zero-order valence-corrected chi connectivity index (χ0v) is 13.4. The number of nitrogens with zero attached hydrogens (tertiary/aromatic N) is 1. The molecule has 1 heterocycles. The third-order valence-corrected chi connectivity index (χ3v) is 3.60. The van der Waals surface area contributed by atoms with Crippen LogP contribution in [0.1, 0.15) is 15.9 Å². The number of nitrogens with one attached hydrogen (secondary N) is 2. The summed E-state index contributed by atoms with van der Waals surface area (Å²) in [6.45, 7) is 0. The quantitative estimate of drug-likeness (QED) is 0.560. The lowest BCUT2D eigenvalue weighted by molar-refractivity contribution is 0.0954. The fraction of sp³-hybridized carbons (Fsp3) is 0.111. The number of hydrazone groups is 1. The molecule has 6 nitrogen and oxygen atoms in total. The number of benzene rings is 2. The lowest BCUT2D eigenvalue weighted by Crippen LogP contribution is -2.17. The van der Waals surface area contributed by atoms with Gasteiger partial charge in [-0.2, -0.15) is 5.10 Å². The number of methoxy groups -OCH3 is 2. The fourth-order valence-corrected chi connectivity index (χ4v) is 2.36. The van der Waals surface area contributed by atoms with E-state index in [-0.39, 0.29) is 5.91 Å². The molecule has 0 saturated carbocycles. The Balaban J connectivity index is 1.75. The van der Waals surface area contributed by atoms with Gasteiger partial charge in [0, 0.05) is 34.3 Å². The number of fused-ring (bicyclic) bond motifs is 1. The Hall–Kier alpha value is -3.28. The normalized spacial score (nSPS) is 10.9. The molecule has 6 heteroatoms. The van der Waals surface area contributed by atoms with Crippen LogP contribution in [0, 0.1) is 0 Å². The minimum atomic E-state index is -0.344. The van der Waals surface area contributed by atoms with Crippen LogP contribution < -0.4 is 14.9 Å². The van der Waals surface area contributed by atoms with Gasteiger partial charge in [-0.15, -0.1) is 0 Å². The molecule has 0 aliphatic heterocycles. The first-order valence-electron chi connectivity index (χ1n) is 7.34. The molecule has 0 radical (unpaired) electrons. The molecule has 122 valence electrons. The number of rotatable bonds is 5. The largest absolute Gasteiger partial charge is 0.497 e. The van der Waals surface area contributed by atoms with Crippen LogP contribution in [0.5, 0.6) is 11.5 Å². The number of amides is 1. The summed E-state index contributed by atoms with van der Waals surface area (Å²) in [5, 5.41) is 5.07. The van der Waals surface area contributed by atoms with Crippen molar-refractivity contribution in [1.29, 1.82) is 0 Å². The number of ether oxygens (including phenoxy) is 2. The zero-order chi connectivity index (χ0) is 16.9. The van der Waals surface area contributed by atoms with Gasteiger partial charge in [0.1, 0.15) is 11.5 Å². The number of carbonyl (C=O) groups is 1. The zero-order valence-electron chi connectivity index (χ0n) is 13.4. The predicted octanol–water partition coefficient (Wildman–Crippen LogP) is 2.95. The molecule has 2 aromatic carbocycles. The van der Waals surface area contributed by atoms with Crippen LogP contribution in [0.2, 0.25) is 0 Å². The summed E-state index contributed by atoms with van der Waals surface area (Å²) in [7, 11) is 3.07. The molecule has 3 aromatic rings. The van der Waals surface area contributed by atoms with E-state index < -0.39 is 0 Å². The number of hydrogen-bond donors (Lipinski definition) is 2. The van der Waals surface area contributed by atoms with Gasteiger partial charge in [0.15, 0.2) is 0 Å². The lowest BCUT2D eigenvalue weighted by atomic mass is 10.2. The number of H-pyrrole nitrogens is 1. The molecule has 2 N–H and O–H groups in total. The maximum absolute atomic E-state index is 12.2. The molecule has 0 aliphatic carbocycles. The van der Waals surface area contributed by atoms with Gasteiger partial charge in [0.05, 0.1) is 20.4 Å². The molecule has 0 bridgehead atoms. The second-order valence-corrected chi connectivity index (χ2v) is 5.09. The molecule has 0 spiro atoms. The highest BCUT2D eigenvalue weighted by molar-refractivity contribution is 6.00. The molecule has 0 saturated heterocycles. The third kappa shape index (κ3) is 3.22. The van der Waals surface area contributed by atoms with Crippen LogP contribution in [-0.2, 0) is 0 Å². The first-order chi connectivity index (χ1) is 11.7. The second-order valence-electron chi connectivity index (χ2n) is 5.09. The van der Waals surface area contributed by atoms with Crippen LogP contribution in [0.25, 0.3) is 10.9 Å². The Morgan fingerprint density at radius 2 is 1.83 bits per heavy atom. The van der Waals surface area contributed by atoms with Gasteiger partial charge >= 0.3 is 0 Å². The van der Waals surface area contributed by atoms with Gasteiger partial charge in [-0.3, -0.25) is 4.79 Å². The summed E-state index contributed by atoms with van der Waals surface area (Å²) in [5.41, 5.74) is 4.83. The Labute approximate surface area is 139 Å². The average Bonchev–Trinajstić information content (AvgIpc) is 3.04. The summed E-state index contributed by atoms with van der Waals surface area (Å²) >= 11 is 0. The second kappa shape index (κ2) is 6.87. The average molecular weight is 323 g/mol. The van der Waals surface area contributed by atoms with Gasteiger partial charge < -0.3 is 14.5 Å². The summed E-state index contributed by atoms with van der Waals surface area (Å²) < 4.78 is 10.3. The molecule has 0 aliphatic rings. The number of aromatic amines is 1. The van der Waals surface area contributed by atoms with Gasteiger partial charge in [0.25, 0.3) is 5.91 Å². The van der Waals surface area contributed by atoms with E-state index in [1.54, 1.807) is 24.4 Å². The Kier molecular flexibility index (Phi) is 4.47. The van der Waals surface area contributed by atoms with Crippen LogP contribution in [0.4, 0.5) is 0 Å². The van der Waals surface area contributed by atoms with Crippen LogP contribution in [0.3, 0.4) is 0 Å². The van der Waals surface area contributed by atoms with E-state index in [1.807, 2.05) is 30.5 Å². The summed E-state index contributed by atoms with van der Waals surface area (Å²) in [6, 6.07) is 12.8.